The Hall–Kier alpha value is -0.580. The Morgan fingerprint density at radius 1 is 0.875 bits per heavy atom. The molecule has 0 aromatic heterocycles. The zero-order chi connectivity index (χ0) is 18.5. The summed E-state index contributed by atoms with van der Waals surface area (Å²) in [6.45, 7) is 6.37. The molecule has 0 aliphatic rings. The number of carbonyl (C=O) groups is 1. The Kier molecular flexibility index (Phi) is 24.0. The van der Waals surface area contributed by atoms with Crippen molar-refractivity contribution in [2.75, 3.05) is 11.9 Å². The Balaban J connectivity index is 0. The molecular weight excluding hydrogens is 370 g/mol. The molecule has 1 N–H and O–H groups in total. The second kappa shape index (κ2) is 22.4. The summed E-state index contributed by atoms with van der Waals surface area (Å²) in [6, 6.07) is 0. The van der Waals surface area contributed by atoms with Gasteiger partial charge in [-0.2, -0.15) is 0 Å². The van der Waals surface area contributed by atoms with E-state index in [1.807, 2.05) is 0 Å². The second-order valence-corrected chi connectivity index (χ2v) is 6.83. The van der Waals surface area contributed by atoms with Crippen molar-refractivity contribution >= 4 is 27.6 Å². The van der Waals surface area contributed by atoms with Gasteiger partial charge in [0.2, 0.25) is 0 Å². The van der Waals surface area contributed by atoms with Gasteiger partial charge in [0.15, 0.2) is 5.71 Å². The largest absolute Gasteiger partial charge is 0.477 e. The molecular formula is C19H38BrNO3. The lowest BCUT2D eigenvalue weighted by molar-refractivity contribution is -0.129. The van der Waals surface area contributed by atoms with Crippen LogP contribution in [0.2, 0.25) is 0 Å². The van der Waals surface area contributed by atoms with Gasteiger partial charge in [-0.05, 0) is 26.2 Å². The first-order valence-electron chi connectivity index (χ1n) is 9.55. The number of carboxylic acid groups (broad SMARTS) is 1. The van der Waals surface area contributed by atoms with Crippen LogP contribution in [-0.2, 0) is 9.63 Å². The average molecular weight is 408 g/mol. The van der Waals surface area contributed by atoms with E-state index in [1.165, 1.54) is 76.5 Å². The van der Waals surface area contributed by atoms with Crippen molar-refractivity contribution in [3.63, 3.8) is 0 Å². The van der Waals surface area contributed by atoms with Crippen LogP contribution in [0.15, 0.2) is 5.16 Å². The van der Waals surface area contributed by atoms with E-state index in [0.29, 0.717) is 6.61 Å². The molecule has 0 unspecified atom stereocenters. The van der Waals surface area contributed by atoms with Gasteiger partial charge >= 0.3 is 5.97 Å². The SMILES string of the molecule is CCCCCCCCBr.CCCCCCCCON=C(C)C(=O)O. The third-order valence-corrected chi connectivity index (χ3v) is 4.15. The smallest absolute Gasteiger partial charge is 0.353 e. The number of hydrogen-bond donors (Lipinski definition) is 1. The molecule has 0 amide bonds. The van der Waals surface area contributed by atoms with Gasteiger partial charge in [-0.3, -0.25) is 0 Å². The van der Waals surface area contributed by atoms with Crippen LogP contribution in [-0.4, -0.2) is 28.7 Å². The van der Waals surface area contributed by atoms with Crippen LogP contribution >= 0.6 is 15.9 Å². The molecule has 144 valence electrons. The molecule has 24 heavy (non-hydrogen) atoms. The molecule has 0 aromatic rings. The monoisotopic (exact) mass is 407 g/mol. The molecule has 0 heterocycles. The van der Waals surface area contributed by atoms with Crippen molar-refractivity contribution < 1.29 is 14.7 Å². The van der Waals surface area contributed by atoms with Gasteiger partial charge < -0.3 is 9.94 Å². The number of halogens is 1. The summed E-state index contributed by atoms with van der Waals surface area (Å²) >= 11 is 3.42. The molecule has 0 fully saturated rings. The third-order valence-electron chi connectivity index (χ3n) is 3.59. The van der Waals surface area contributed by atoms with Gasteiger partial charge in [-0.15, -0.1) is 0 Å². The van der Waals surface area contributed by atoms with Crippen molar-refractivity contribution in [2.24, 2.45) is 5.16 Å². The number of aliphatic carboxylic acids is 1. The van der Waals surface area contributed by atoms with Crippen LogP contribution in [0.5, 0.6) is 0 Å². The number of hydrogen-bond acceptors (Lipinski definition) is 3. The summed E-state index contributed by atoms with van der Waals surface area (Å²) in [7, 11) is 0. The van der Waals surface area contributed by atoms with Gasteiger partial charge in [0, 0.05) is 5.33 Å². The Bertz CT molecular complexity index is 290. The first kappa shape index (κ1) is 25.7. The number of unbranched alkanes of at least 4 members (excludes halogenated alkanes) is 10. The molecule has 5 heteroatoms. The molecule has 0 rings (SSSR count). The fraction of sp³-hybridized carbons (Fsp3) is 0.895. The molecule has 0 saturated heterocycles. The van der Waals surface area contributed by atoms with Crippen LogP contribution in [0.3, 0.4) is 0 Å². The van der Waals surface area contributed by atoms with Gasteiger partial charge in [-0.25, -0.2) is 4.79 Å². The summed E-state index contributed by atoms with van der Waals surface area (Å²) in [6.07, 6.45) is 15.5. The molecule has 4 nitrogen and oxygen atoms in total. The highest BCUT2D eigenvalue weighted by Crippen LogP contribution is 2.06. The van der Waals surface area contributed by atoms with E-state index in [9.17, 15) is 4.79 Å². The molecule has 0 bridgehead atoms. The zero-order valence-corrected chi connectivity index (χ0v) is 17.6. The minimum absolute atomic E-state index is 0.000910. The van der Waals surface area contributed by atoms with Gasteiger partial charge in [0.1, 0.15) is 6.61 Å². The quantitative estimate of drug-likeness (QED) is 0.144. The van der Waals surface area contributed by atoms with E-state index in [0.717, 1.165) is 12.8 Å². The number of nitrogens with zero attached hydrogens (tertiary/aromatic N) is 1. The van der Waals surface area contributed by atoms with E-state index in [1.54, 1.807) is 0 Å². The maximum absolute atomic E-state index is 10.3. The lowest BCUT2D eigenvalue weighted by Gasteiger charge is -2.00. The molecule has 0 atom stereocenters. The highest BCUT2D eigenvalue weighted by atomic mass is 79.9. The number of alkyl halides is 1. The van der Waals surface area contributed by atoms with Crippen molar-refractivity contribution in [3.05, 3.63) is 0 Å². The van der Waals surface area contributed by atoms with E-state index in [4.69, 9.17) is 9.94 Å². The number of oxime groups is 1. The molecule has 0 saturated carbocycles. The van der Waals surface area contributed by atoms with Gasteiger partial charge in [0.05, 0.1) is 0 Å². The van der Waals surface area contributed by atoms with Crippen LogP contribution in [0, 0.1) is 0 Å². The molecule has 0 aromatic carbocycles. The zero-order valence-electron chi connectivity index (χ0n) is 16.0. The highest BCUT2D eigenvalue weighted by molar-refractivity contribution is 9.09. The van der Waals surface area contributed by atoms with E-state index in [2.05, 4.69) is 34.9 Å². The van der Waals surface area contributed by atoms with Crippen LogP contribution in [0.4, 0.5) is 0 Å². The minimum atomic E-state index is -1.03. The average Bonchev–Trinajstić information content (AvgIpc) is 2.57. The Morgan fingerprint density at radius 3 is 1.79 bits per heavy atom. The van der Waals surface area contributed by atoms with Crippen LogP contribution < -0.4 is 0 Å². The molecule has 0 spiro atoms. The van der Waals surface area contributed by atoms with E-state index in [-0.39, 0.29) is 5.71 Å². The predicted octanol–water partition coefficient (Wildman–Crippen LogP) is 6.57. The predicted molar refractivity (Wildman–Crippen MR) is 107 cm³/mol. The lowest BCUT2D eigenvalue weighted by atomic mass is 10.1. The van der Waals surface area contributed by atoms with Crippen LogP contribution in [0.25, 0.3) is 0 Å². The summed E-state index contributed by atoms with van der Waals surface area (Å²) in [5, 5.41) is 13.1. The Morgan fingerprint density at radius 2 is 1.33 bits per heavy atom. The second-order valence-electron chi connectivity index (χ2n) is 6.04. The van der Waals surface area contributed by atoms with Crippen molar-refractivity contribution in [1.82, 2.24) is 0 Å². The van der Waals surface area contributed by atoms with Crippen LogP contribution in [0.1, 0.15) is 97.8 Å². The fourth-order valence-corrected chi connectivity index (χ4v) is 2.40. The molecule has 0 aliphatic heterocycles. The third kappa shape index (κ3) is 23.7. The van der Waals surface area contributed by atoms with E-state index >= 15 is 0 Å². The minimum Gasteiger partial charge on any atom is -0.477 e. The summed E-state index contributed by atoms with van der Waals surface area (Å²) < 4.78 is 0. The van der Waals surface area contributed by atoms with Gasteiger partial charge in [0.25, 0.3) is 0 Å². The normalized spacial score (nSPS) is 10.9. The fourth-order valence-electron chi connectivity index (χ4n) is 2.00. The Labute approximate surface area is 157 Å². The van der Waals surface area contributed by atoms with E-state index < -0.39 is 5.97 Å². The standard InChI is InChI=1S/C11H21NO3.C8H17Br/c1-3-4-5-6-7-8-9-15-12-10(2)11(13)14;1-2-3-4-5-6-7-8-9/h3-9H2,1-2H3,(H,13,14);2-8H2,1H3. The highest BCUT2D eigenvalue weighted by Gasteiger charge is 2.00. The van der Waals surface area contributed by atoms with Crippen molar-refractivity contribution in [3.8, 4) is 0 Å². The summed E-state index contributed by atoms with van der Waals surface area (Å²) in [5.74, 6) is -1.03. The lowest BCUT2D eigenvalue weighted by Crippen LogP contribution is -2.08. The number of rotatable bonds is 15. The van der Waals surface area contributed by atoms with Crippen molar-refractivity contribution in [2.45, 2.75) is 97.8 Å². The number of carboxylic acids is 1. The molecule has 0 radical (unpaired) electrons. The summed E-state index contributed by atoms with van der Waals surface area (Å²) in [5.41, 5.74) is 0.000910. The van der Waals surface area contributed by atoms with Crippen molar-refractivity contribution in [1.29, 1.82) is 0 Å². The summed E-state index contributed by atoms with van der Waals surface area (Å²) in [4.78, 5) is 15.2. The topological polar surface area (TPSA) is 58.9 Å². The maximum Gasteiger partial charge on any atom is 0.353 e. The van der Waals surface area contributed by atoms with Gasteiger partial charge in [-0.1, -0.05) is 92.7 Å². The molecule has 0 aliphatic carbocycles. The first-order valence-corrected chi connectivity index (χ1v) is 10.7. The first-order chi connectivity index (χ1) is 11.6. The maximum atomic E-state index is 10.3.